The third-order valence-corrected chi connectivity index (χ3v) is 5.23. The van der Waals surface area contributed by atoms with Gasteiger partial charge in [-0.2, -0.15) is 0 Å². The number of H-pyrrole nitrogens is 1. The van der Waals surface area contributed by atoms with Gasteiger partial charge >= 0.3 is 0 Å². The molecule has 0 amide bonds. The van der Waals surface area contributed by atoms with Gasteiger partial charge in [0.1, 0.15) is 0 Å². The maximum Gasteiger partial charge on any atom is 0.0857 e. The number of hydrogen-bond acceptors (Lipinski definition) is 1. The first-order valence-corrected chi connectivity index (χ1v) is 8.87. The molecule has 108 valence electrons. The lowest BCUT2D eigenvalue weighted by Gasteiger charge is -2.01. The summed E-state index contributed by atoms with van der Waals surface area (Å²) in [5.41, 5.74) is 8.73. The fourth-order valence-electron chi connectivity index (χ4n) is 2.73. The molecule has 0 aromatic carbocycles. The SMILES string of the molecule is CCC1=C(C)C(=Cc2[nH]c(Br)c(C)c2CC)N=C1CBr. The van der Waals surface area contributed by atoms with Crippen molar-refractivity contribution in [3.05, 3.63) is 38.3 Å². The van der Waals surface area contributed by atoms with Crippen LogP contribution in [-0.2, 0) is 6.42 Å². The zero-order chi connectivity index (χ0) is 14.9. The Kier molecular flexibility index (Phi) is 5.08. The second-order valence-electron chi connectivity index (χ2n) is 4.99. The Morgan fingerprint density at radius 3 is 2.40 bits per heavy atom. The monoisotopic (exact) mass is 398 g/mol. The van der Waals surface area contributed by atoms with E-state index in [1.165, 1.54) is 28.0 Å². The molecule has 1 aliphatic rings. The number of allylic oxidation sites excluding steroid dienone is 2. The molecule has 2 heterocycles. The topological polar surface area (TPSA) is 28.1 Å². The van der Waals surface area contributed by atoms with E-state index >= 15 is 0 Å². The van der Waals surface area contributed by atoms with Crippen molar-refractivity contribution in [1.82, 2.24) is 4.98 Å². The number of aromatic nitrogens is 1. The molecule has 0 aliphatic carbocycles. The molecule has 0 bridgehead atoms. The van der Waals surface area contributed by atoms with Crippen molar-refractivity contribution in [2.75, 3.05) is 5.33 Å². The first-order chi connectivity index (χ1) is 9.53. The first-order valence-electron chi connectivity index (χ1n) is 6.96. The highest BCUT2D eigenvalue weighted by Crippen LogP contribution is 2.31. The van der Waals surface area contributed by atoms with Crippen molar-refractivity contribution in [3.63, 3.8) is 0 Å². The molecular weight excluding hydrogens is 380 g/mol. The number of nitrogens with zero attached hydrogens (tertiary/aromatic N) is 1. The molecule has 0 unspecified atom stereocenters. The summed E-state index contributed by atoms with van der Waals surface area (Å²) in [4.78, 5) is 8.18. The quantitative estimate of drug-likeness (QED) is 0.641. The van der Waals surface area contributed by atoms with Gasteiger partial charge in [-0.3, -0.25) is 4.99 Å². The van der Waals surface area contributed by atoms with Crippen LogP contribution in [0, 0.1) is 6.92 Å². The number of alkyl halides is 1. The molecule has 4 heteroatoms. The maximum absolute atomic E-state index is 4.77. The van der Waals surface area contributed by atoms with E-state index < -0.39 is 0 Å². The molecule has 1 aromatic rings. The number of aliphatic imine (C=N–C) groups is 1. The van der Waals surface area contributed by atoms with Gasteiger partial charge in [0.05, 0.1) is 16.0 Å². The summed E-state index contributed by atoms with van der Waals surface area (Å²) < 4.78 is 1.07. The zero-order valence-corrected chi connectivity index (χ0v) is 15.6. The molecule has 0 saturated heterocycles. The van der Waals surface area contributed by atoms with Gasteiger partial charge < -0.3 is 4.98 Å². The Hall–Kier alpha value is -0.610. The average Bonchev–Trinajstić information content (AvgIpc) is 2.88. The van der Waals surface area contributed by atoms with E-state index in [1.807, 2.05) is 0 Å². The first kappa shape index (κ1) is 15.8. The third kappa shape index (κ3) is 2.73. The van der Waals surface area contributed by atoms with Crippen molar-refractivity contribution in [2.24, 2.45) is 4.99 Å². The number of aromatic amines is 1. The minimum absolute atomic E-state index is 0.818. The fourth-order valence-corrected chi connectivity index (χ4v) is 3.64. The van der Waals surface area contributed by atoms with E-state index in [1.54, 1.807) is 0 Å². The molecule has 1 aliphatic heterocycles. The maximum atomic E-state index is 4.77. The Labute approximate surface area is 137 Å². The average molecular weight is 400 g/mol. The van der Waals surface area contributed by atoms with Gasteiger partial charge in [-0.25, -0.2) is 0 Å². The van der Waals surface area contributed by atoms with Crippen molar-refractivity contribution < 1.29 is 0 Å². The standard InChI is InChI=1S/C16H20Br2N2/c1-5-11-9(3)13(19-15(11)8-17)7-14-12(6-2)10(4)16(18)20-14/h7,20H,5-6,8H2,1-4H3. The second-order valence-corrected chi connectivity index (χ2v) is 6.34. The van der Waals surface area contributed by atoms with Crippen LogP contribution in [0.2, 0.25) is 0 Å². The number of hydrogen-bond donors (Lipinski definition) is 1. The zero-order valence-electron chi connectivity index (χ0n) is 12.4. The van der Waals surface area contributed by atoms with Crippen molar-refractivity contribution in [2.45, 2.75) is 40.5 Å². The number of rotatable bonds is 4. The highest BCUT2D eigenvalue weighted by atomic mass is 79.9. The largest absolute Gasteiger partial charge is 0.349 e. The molecule has 0 fully saturated rings. The van der Waals surface area contributed by atoms with E-state index in [2.05, 4.69) is 70.6 Å². The normalized spacial score (nSPS) is 17.3. The Morgan fingerprint density at radius 2 is 1.90 bits per heavy atom. The van der Waals surface area contributed by atoms with Gasteiger partial charge in [0.2, 0.25) is 0 Å². The van der Waals surface area contributed by atoms with E-state index in [-0.39, 0.29) is 0 Å². The van der Waals surface area contributed by atoms with Crippen LogP contribution in [0.4, 0.5) is 0 Å². The van der Waals surface area contributed by atoms with Gasteiger partial charge in [0, 0.05) is 11.0 Å². The molecule has 2 nitrogen and oxygen atoms in total. The number of halogens is 2. The summed E-state index contributed by atoms with van der Waals surface area (Å²) in [6, 6.07) is 0. The molecule has 1 aromatic heterocycles. The fraction of sp³-hybridized carbons (Fsp3) is 0.438. The molecule has 1 N–H and O–H groups in total. The van der Waals surface area contributed by atoms with Gasteiger partial charge in [-0.15, -0.1) is 0 Å². The van der Waals surface area contributed by atoms with Crippen LogP contribution in [0.3, 0.4) is 0 Å². The lowest BCUT2D eigenvalue weighted by molar-refractivity contribution is 1.11. The van der Waals surface area contributed by atoms with Gasteiger partial charge in [-0.05, 0) is 71.0 Å². The van der Waals surface area contributed by atoms with Gasteiger partial charge in [-0.1, -0.05) is 29.8 Å². The third-order valence-electron chi connectivity index (χ3n) is 3.91. The second kappa shape index (κ2) is 6.44. The van der Waals surface area contributed by atoms with E-state index in [9.17, 15) is 0 Å². The van der Waals surface area contributed by atoms with Crippen molar-refractivity contribution >= 4 is 43.6 Å². The molecule has 0 saturated carbocycles. The van der Waals surface area contributed by atoms with Crippen LogP contribution < -0.4 is 0 Å². The smallest absolute Gasteiger partial charge is 0.0857 e. The minimum Gasteiger partial charge on any atom is -0.349 e. The van der Waals surface area contributed by atoms with Crippen LogP contribution in [0.5, 0.6) is 0 Å². The van der Waals surface area contributed by atoms with E-state index in [0.717, 1.165) is 34.2 Å². The molecule has 20 heavy (non-hydrogen) atoms. The van der Waals surface area contributed by atoms with Crippen LogP contribution in [0.25, 0.3) is 6.08 Å². The van der Waals surface area contributed by atoms with Crippen LogP contribution in [0.1, 0.15) is 44.0 Å². The molecule has 0 radical (unpaired) electrons. The Balaban J connectivity index is 2.50. The van der Waals surface area contributed by atoms with Crippen LogP contribution in [0.15, 0.2) is 26.4 Å². The van der Waals surface area contributed by atoms with Crippen LogP contribution >= 0.6 is 31.9 Å². The predicted octanol–water partition coefficient (Wildman–Crippen LogP) is 5.56. The lowest BCUT2D eigenvalue weighted by atomic mass is 10.0. The predicted molar refractivity (Wildman–Crippen MR) is 94.8 cm³/mol. The number of nitrogens with one attached hydrogen (secondary N) is 1. The van der Waals surface area contributed by atoms with Gasteiger partial charge in [0.15, 0.2) is 0 Å². The summed E-state index contributed by atoms with van der Waals surface area (Å²) in [5, 5.41) is 0.818. The van der Waals surface area contributed by atoms with Gasteiger partial charge in [0.25, 0.3) is 0 Å². The molecule has 0 atom stereocenters. The van der Waals surface area contributed by atoms with Crippen molar-refractivity contribution in [1.29, 1.82) is 0 Å². The summed E-state index contributed by atoms with van der Waals surface area (Å²) in [7, 11) is 0. The lowest BCUT2D eigenvalue weighted by Crippen LogP contribution is -2.00. The minimum atomic E-state index is 0.818. The van der Waals surface area contributed by atoms with Crippen molar-refractivity contribution in [3.8, 4) is 0 Å². The molecule has 2 rings (SSSR count). The summed E-state index contributed by atoms with van der Waals surface area (Å²) in [6.07, 6.45) is 4.23. The highest BCUT2D eigenvalue weighted by molar-refractivity contribution is 9.10. The molecular formula is C16H20Br2N2. The van der Waals surface area contributed by atoms with E-state index in [4.69, 9.17) is 4.99 Å². The summed E-state index contributed by atoms with van der Waals surface area (Å²) in [6.45, 7) is 8.68. The van der Waals surface area contributed by atoms with Crippen LogP contribution in [-0.4, -0.2) is 16.0 Å². The molecule has 0 spiro atoms. The summed E-state index contributed by atoms with van der Waals surface area (Å²) in [5.74, 6) is 0. The Bertz CT molecular complexity index is 619. The summed E-state index contributed by atoms with van der Waals surface area (Å²) >= 11 is 7.12. The van der Waals surface area contributed by atoms with E-state index in [0.29, 0.717) is 0 Å². The Morgan fingerprint density at radius 1 is 1.20 bits per heavy atom. The highest BCUT2D eigenvalue weighted by Gasteiger charge is 2.19.